The minimum atomic E-state index is -3.63. The van der Waals surface area contributed by atoms with Gasteiger partial charge in [0.2, 0.25) is 10.0 Å². The van der Waals surface area contributed by atoms with Crippen LogP contribution in [0.2, 0.25) is 0 Å². The maximum Gasteiger partial charge on any atom is 0.338 e. The number of carbonyl (C=O) groups excluding carboxylic acids is 1. The number of esters is 1. The molecule has 6 nitrogen and oxygen atoms in total. The first-order chi connectivity index (χ1) is 10.4. The van der Waals surface area contributed by atoms with Crippen LogP contribution in [0.25, 0.3) is 0 Å². The second-order valence-corrected chi connectivity index (χ2v) is 7.30. The zero-order valence-corrected chi connectivity index (χ0v) is 13.7. The number of hydrogen-bond donors (Lipinski definition) is 2. The van der Waals surface area contributed by atoms with Crippen LogP contribution in [0.1, 0.15) is 28.8 Å². The summed E-state index contributed by atoms with van der Waals surface area (Å²) in [5.74, 6) is -0.236. The van der Waals surface area contributed by atoms with Crippen molar-refractivity contribution in [2.75, 3.05) is 26.7 Å². The van der Waals surface area contributed by atoms with Crippen LogP contribution in [-0.2, 0) is 14.8 Å². The molecule has 0 spiro atoms. The molecular formula is C15H22N2O4S. The predicted octanol–water partition coefficient (Wildman–Crippen LogP) is 1.06. The van der Waals surface area contributed by atoms with Gasteiger partial charge in [-0.3, -0.25) is 0 Å². The third kappa shape index (κ3) is 4.06. The Bertz CT molecular complexity index is 637. The van der Waals surface area contributed by atoms with Crippen molar-refractivity contribution in [1.29, 1.82) is 0 Å². The minimum absolute atomic E-state index is 0.0854. The molecule has 2 N–H and O–H groups in total. The lowest BCUT2D eigenvalue weighted by Crippen LogP contribution is -2.38. The van der Waals surface area contributed by atoms with Crippen LogP contribution in [0.15, 0.2) is 23.1 Å². The summed E-state index contributed by atoms with van der Waals surface area (Å²) in [4.78, 5) is 11.8. The van der Waals surface area contributed by atoms with Gasteiger partial charge in [-0.05, 0) is 56.5 Å². The number of aryl methyl sites for hydroxylation is 1. The summed E-state index contributed by atoms with van der Waals surface area (Å²) in [7, 11) is -2.35. The molecule has 1 unspecified atom stereocenters. The molecule has 0 radical (unpaired) electrons. The molecule has 1 aromatic carbocycles. The van der Waals surface area contributed by atoms with Crippen molar-refractivity contribution in [3.63, 3.8) is 0 Å². The number of sulfonamides is 1. The van der Waals surface area contributed by atoms with Crippen molar-refractivity contribution in [1.82, 2.24) is 10.0 Å². The van der Waals surface area contributed by atoms with Gasteiger partial charge in [-0.1, -0.05) is 6.07 Å². The predicted molar refractivity (Wildman–Crippen MR) is 83.3 cm³/mol. The van der Waals surface area contributed by atoms with Crippen LogP contribution in [0.4, 0.5) is 0 Å². The summed E-state index contributed by atoms with van der Waals surface area (Å²) in [6.07, 6.45) is 2.07. The average Bonchev–Trinajstić information content (AvgIpc) is 2.53. The van der Waals surface area contributed by atoms with Gasteiger partial charge in [0.1, 0.15) is 0 Å². The van der Waals surface area contributed by atoms with Crippen LogP contribution >= 0.6 is 0 Å². The first-order valence-corrected chi connectivity index (χ1v) is 8.81. The van der Waals surface area contributed by atoms with E-state index in [4.69, 9.17) is 0 Å². The fourth-order valence-electron chi connectivity index (χ4n) is 2.51. The number of carbonyl (C=O) groups is 1. The Morgan fingerprint density at radius 3 is 2.86 bits per heavy atom. The maximum atomic E-state index is 12.4. The van der Waals surface area contributed by atoms with E-state index in [2.05, 4.69) is 14.8 Å². The number of rotatable bonds is 5. The van der Waals surface area contributed by atoms with E-state index < -0.39 is 16.0 Å². The van der Waals surface area contributed by atoms with E-state index in [0.717, 1.165) is 25.9 Å². The van der Waals surface area contributed by atoms with Gasteiger partial charge in [0.05, 0.1) is 17.6 Å². The first kappa shape index (κ1) is 16.9. The third-order valence-corrected chi connectivity index (χ3v) is 5.31. The van der Waals surface area contributed by atoms with E-state index in [0.29, 0.717) is 18.0 Å². The lowest BCUT2D eigenvalue weighted by molar-refractivity contribution is 0.0599. The van der Waals surface area contributed by atoms with Crippen LogP contribution in [0, 0.1) is 12.8 Å². The number of piperidine rings is 1. The summed E-state index contributed by atoms with van der Waals surface area (Å²) < 4.78 is 32.0. The summed E-state index contributed by atoms with van der Waals surface area (Å²) in [6.45, 7) is 3.95. The lowest BCUT2D eigenvalue weighted by Gasteiger charge is -2.22. The Kier molecular flexibility index (Phi) is 5.55. The van der Waals surface area contributed by atoms with Crippen LogP contribution in [0.5, 0.6) is 0 Å². The summed E-state index contributed by atoms with van der Waals surface area (Å²) in [5, 5.41) is 3.25. The molecule has 0 aliphatic carbocycles. The molecule has 1 aliphatic rings. The summed E-state index contributed by atoms with van der Waals surface area (Å²) in [6, 6.07) is 4.48. The fraction of sp³-hybridized carbons (Fsp3) is 0.533. The van der Waals surface area contributed by atoms with Gasteiger partial charge in [0.15, 0.2) is 0 Å². The Morgan fingerprint density at radius 1 is 1.45 bits per heavy atom. The zero-order valence-electron chi connectivity index (χ0n) is 12.9. The standard InChI is InChI=1S/C15H22N2O4S/c1-11-5-6-13(8-14(11)15(18)21-2)22(19,20)17-10-12-4-3-7-16-9-12/h5-6,8,12,16-17H,3-4,7,9-10H2,1-2H3. The van der Waals surface area contributed by atoms with Crippen molar-refractivity contribution in [3.8, 4) is 0 Å². The van der Waals surface area contributed by atoms with E-state index in [-0.39, 0.29) is 10.5 Å². The SMILES string of the molecule is COC(=O)c1cc(S(=O)(=O)NCC2CCCNC2)ccc1C. The second-order valence-electron chi connectivity index (χ2n) is 5.53. The van der Waals surface area contributed by atoms with E-state index >= 15 is 0 Å². The van der Waals surface area contributed by atoms with Gasteiger partial charge in [-0.15, -0.1) is 0 Å². The fourth-order valence-corrected chi connectivity index (χ4v) is 3.65. The third-order valence-electron chi connectivity index (χ3n) is 3.89. The molecule has 1 aromatic rings. The second kappa shape index (κ2) is 7.21. The molecule has 1 saturated heterocycles. The molecule has 1 atom stereocenters. The van der Waals surface area contributed by atoms with Gasteiger partial charge in [-0.25, -0.2) is 17.9 Å². The summed E-state index contributed by atoms with van der Waals surface area (Å²) in [5.41, 5.74) is 0.951. The van der Waals surface area contributed by atoms with Gasteiger partial charge in [-0.2, -0.15) is 0 Å². The Morgan fingerprint density at radius 2 is 2.23 bits per heavy atom. The number of ether oxygens (including phenoxy) is 1. The number of methoxy groups -OCH3 is 1. The highest BCUT2D eigenvalue weighted by atomic mass is 32.2. The minimum Gasteiger partial charge on any atom is -0.465 e. The van der Waals surface area contributed by atoms with E-state index in [9.17, 15) is 13.2 Å². The normalized spacial score (nSPS) is 18.9. The number of hydrogen-bond acceptors (Lipinski definition) is 5. The molecule has 0 bridgehead atoms. The van der Waals surface area contributed by atoms with Crippen LogP contribution < -0.4 is 10.0 Å². The molecule has 0 amide bonds. The highest BCUT2D eigenvalue weighted by Crippen LogP contribution is 2.17. The monoisotopic (exact) mass is 326 g/mol. The number of nitrogens with one attached hydrogen (secondary N) is 2. The molecule has 1 fully saturated rings. The van der Waals surface area contributed by atoms with Crippen molar-refractivity contribution >= 4 is 16.0 Å². The van der Waals surface area contributed by atoms with Crippen molar-refractivity contribution in [2.24, 2.45) is 5.92 Å². The molecule has 1 aliphatic heterocycles. The van der Waals surface area contributed by atoms with E-state index in [1.54, 1.807) is 13.0 Å². The van der Waals surface area contributed by atoms with Gasteiger partial charge in [0.25, 0.3) is 0 Å². The van der Waals surface area contributed by atoms with Gasteiger partial charge in [0, 0.05) is 6.54 Å². The van der Waals surface area contributed by atoms with Crippen molar-refractivity contribution < 1.29 is 17.9 Å². The van der Waals surface area contributed by atoms with Gasteiger partial charge >= 0.3 is 5.97 Å². The van der Waals surface area contributed by atoms with E-state index in [1.165, 1.54) is 19.2 Å². The Hall–Kier alpha value is -1.44. The summed E-state index contributed by atoms with van der Waals surface area (Å²) >= 11 is 0. The molecule has 2 rings (SSSR count). The quantitative estimate of drug-likeness (QED) is 0.791. The highest BCUT2D eigenvalue weighted by molar-refractivity contribution is 7.89. The van der Waals surface area contributed by atoms with Gasteiger partial charge < -0.3 is 10.1 Å². The highest BCUT2D eigenvalue weighted by Gasteiger charge is 2.20. The Labute approximate surface area is 131 Å². The maximum absolute atomic E-state index is 12.4. The van der Waals surface area contributed by atoms with E-state index in [1.807, 2.05) is 0 Å². The Balaban J connectivity index is 2.13. The topological polar surface area (TPSA) is 84.5 Å². The average molecular weight is 326 g/mol. The molecule has 1 heterocycles. The molecule has 0 saturated carbocycles. The molecule has 22 heavy (non-hydrogen) atoms. The number of benzene rings is 1. The molecule has 0 aromatic heterocycles. The van der Waals surface area contributed by atoms with Crippen molar-refractivity contribution in [3.05, 3.63) is 29.3 Å². The van der Waals surface area contributed by atoms with Crippen molar-refractivity contribution in [2.45, 2.75) is 24.7 Å². The lowest BCUT2D eigenvalue weighted by atomic mass is 10.0. The smallest absolute Gasteiger partial charge is 0.338 e. The molecule has 7 heteroatoms. The zero-order chi connectivity index (χ0) is 16.2. The first-order valence-electron chi connectivity index (χ1n) is 7.33. The van der Waals surface area contributed by atoms with Crippen LogP contribution in [0.3, 0.4) is 0 Å². The molecule has 122 valence electrons. The van der Waals surface area contributed by atoms with Crippen LogP contribution in [-0.4, -0.2) is 41.1 Å². The largest absolute Gasteiger partial charge is 0.465 e. The molecular weight excluding hydrogens is 304 g/mol.